The van der Waals surface area contributed by atoms with Crippen molar-refractivity contribution in [3.63, 3.8) is 0 Å². The van der Waals surface area contributed by atoms with E-state index in [-0.39, 0.29) is 11.3 Å². The summed E-state index contributed by atoms with van der Waals surface area (Å²) in [6.45, 7) is 4.31. The molecule has 1 aromatic heterocycles. The molecule has 2 heterocycles. The first kappa shape index (κ1) is 31.3. The van der Waals surface area contributed by atoms with Gasteiger partial charge in [0.05, 0.1) is 12.7 Å². The molecule has 0 fully saturated rings. The van der Waals surface area contributed by atoms with Crippen molar-refractivity contribution < 1.29 is 18.1 Å². The maximum atomic E-state index is 15.9. The number of aromatic nitrogens is 2. The van der Waals surface area contributed by atoms with Crippen molar-refractivity contribution in [1.82, 2.24) is 14.5 Å². The molecule has 1 aliphatic heterocycles. The van der Waals surface area contributed by atoms with Crippen LogP contribution in [0.15, 0.2) is 113 Å². The topological polar surface area (TPSA) is 97.6 Å². The molecule has 0 saturated heterocycles. The molecule has 1 unspecified atom stereocenters. The van der Waals surface area contributed by atoms with Crippen LogP contribution in [0, 0.1) is 0 Å². The van der Waals surface area contributed by atoms with Gasteiger partial charge in [-0.1, -0.05) is 97.1 Å². The van der Waals surface area contributed by atoms with Crippen LogP contribution >= 0.6 is 0 Å². The second-order valence-corrected chi connectivity index (χ2v) is 15.6. The molecule has 0 radical (unpaired) electrons. The van der Waals surface area contributed by atoms with Gasteiger partial charge in [0.15, 0.2) is 9.92 Å². The lowest BCUT2D eigenvalue weighted by molar-refractivity contribution is 0.132. The Labute approximate surface area is 286 Å². The highest BCUT2D eigenvalue weighted by Gasteiger charge is 2.42. The van der Waals surface area contributed by atoms with Crippen LogP contribution in [0.25, 0.3) is 0 Å². The van der Waals surface area contributed by atoms with E-state index in [0.29, 0.717) is 24.5 Å². The number of carbonyl (C=O) groups is 1. The van der Waals surface area contributed by atoms with Crippen molar-refractivity contribution >= 4 is 21.6 Å². The maximum absolute atomic E-state index is 15.9. The highest BCUT2D eigenvalue weighted by molar-refractivity contribution is 7.92. The van der Waals surface area contributed by atoms with E-state index >= 15 is 4.21 Å². The molecule has 0 bridgehead atoms. The highest BCUT2D eigenvalue weighted by atomic mass is 32.2. The molecule has 8 nitrogen and oxygen atoms in total. The first-order valence-corrected chi connectivity index (χ1v) is 18.3. The zero-order chi connectivity index (χ0) is 33.8. The van der Waals surface area contributed by atoms with E-state index in [0.717, 1.165) is 58.2 Å². The number of anilines is 1. The minimum atomic E-state index is -3.88. The molecule has 3 aliphatic rings. The van der Waals surface area contributed by atoms with Gasteiger partial charge in [0.1, 0.15) is 22.2 Å². The molecular formula is C39H38FN5O3S. The Hall–Kier alpha value is -4.96. The fraction of sp³-hybridized carbons (Fsp3) is 0.282. The molecule has 0 spiro atoms. The molecule has 49 heavy (non-hydrogen) atoms. The summed E-state index contributed by atoms with van der Waals surface area (Å²) in [4.78, 5) is 14.5. The Balaban J connectivity index is 1.34. The molecule has 250 valence electrons. The maximum Gasteiger partial charge on any atom is 0.331 e. The Kier molecular flexibility index (Phi) is 7.59. The molecule has 4 aromatic carbocycles. The first-order valence-electron chi connectivity index (χ1n) is 16.7. The number of aryl methyl sites for hydroxylation is 1. The summed E-state index contributed by atoms with van der Waals surface area (Å²) >= 11 is 0. The standard InChI is InChI=1S/C39H38FN5O3S/c1-38(2)25-45-36(48-38)34(24-41-45)49(47,43-37(46)42-35-32-20-12-13-26(32)21-27-22-31(40)23-33(27)35)44-39(28-14-6-3-7-15-28,29-16-8-4-9-17-29)30-18-10-5-11-19-30/h3-11,14-19,21,24,31H,12-13,20,22-23,25H2,1-2H3,(H2,42,43,44,46,47)/t31-,49?/m1/s1. The number of benzene rings is 4. The number of ether oxygens (including phenoxy) is 1. The molecule has 8 rings (SSSR count). The van der Waals surface area contributed by atoms with Crippen LogP contribution in [-0.4, -0.2) is 31.8 Å². The van der Waals surface area contributed by atoms with Gasteiger partial charge in [-0.15, -0.1) is 0 Å². The second-order valence-electron chi connectivity index (χ2n) is 13.7. The van der Waals surface area contributed by atoms with Crippen LogP contribution in [-0.2, 0) is 47.7 Å². The highest BCUT2D eigenvalue weighted by Crippen LogP contribution is 2.44. The summed E-state index contributed by atoms with van der Waals surface area (Å²) < 4.78 is 46.8. The molecule has 10 heteroatoms. The first-order chi connectivity index (χ1) is 23.7. The zero-order valence-corrected chi connectivity index (χ0v) is 28.3. The zero-order valence-electron chi connectivity index (χ0n) is 27.5. The van der Waals surface area contributed by atoms with Crippen molar-refractivity contribution in [3.8, 4) is 5.88 Å². The Bertz CT molecular complexity index is 2080. The van der Waals surface area contributed by atoms with Crippen LogP contribution < -0.4 is 14.8 Å². The van der Waals surface area contributed by atoms with Crippen LogP contribution in [0.1, 0.15) is 59.2 Å². The summed E-state index contributed by atoms with van der Waals surface area (Å²) in [7, 11) is -3.88. The lowest BCUT2D eigenvalue weighted by atomic mass is 9.78. The fourth-order valence-corrected chi connectivity index (χ4v) is 9.48. The number of alkyl halides is 1. The fourth-order valence-electron chi connectivity index (χ4n) is 7.65. The number of halogens is 1. The van der Waals surface area contributed by atoms with Gasteiger partial charge in [0.25, 0.3) is 0 Å². The van der Waals surface area contributed by atoms with E-state index in [4.69, 9.17) is 9.10 Å². The largest absolute Gasteiger partial charge is 0.469 e. The summed E-state index contributed by atoms with van der Waals surface area (Å²) in [5.74, 6) is 0.295. The summed E-state index contributed by atoms with van der Waals surface area (Å²) in [5.41, 5.74) is 4.89. The van der Waals surface area contributed by atoms with Crippen LogP contribution in [0.5, 0.6) is 5.88 Å². The van der Waals surface area contributed by atoms with Crippen molar-refractivity contribution in [2.24, 2.45) is 4.36 Å². The van der Waals surface area contributed by atoms with Crippen molar-refractivity contribution in [2.75, 3.05) is 5.32 Å². The van der Waals surface area contributed by atoms with E-state index in [1.807, 2.05) is 105 Å². The number of nitrogens with zero attached hydrogens (tertiary/aromatic N) is 3. The smallest absolute Gasteiger partial charge is 0.331 e. The van der Waals surface area contributed by atoms with Crippen molar-refractivity contribution in [2.45, 2.75) is 74.7 Å². The third-order valence-corrected chi connectivity index (χ3v) is 11.6. The van der Waals surface area contributed by atoms with E-state index in [1.165, 1.54) is 6.20 Å². The van der Waals surface area contributed by atoms with E-state index in [9.17, 15) is 9.18 Å². The normalized spacial score (nSPS) is 18.5. The number of amides is 2. The van der Waals surface area contributed by atoms with E-state index in [2.05, 4.69) is 21.2 Å². The van der Waals surface area contributed by atoms with Gasteiger partial charge in [0, 0.05) is 18.5 Å². The van der Waals surface area contributed by atoms with Crippen LogP contribution in [0.2, 0.25) is 0 Å². The summed E-state index contributed by atoms with van der Waals surface area (Å²) in [5, 5.41) is 7.59. The quantitative estimate of drug-likeness (QED) is 0.174. The molecular weight excluding hydrogens is 638 g/mol. The predicted molar refractivity (Wildman–Crippen MR) is 188 cm³/mol. The Morgan fingerprint density at radius 3 is 2.14 bits per heavy atom. The van der Waals surface area contributed by atoms with Gasteiger partial charge in [-0.2, -0.15) is 9.46 Å². The Morgan fingerprint density at radius 2 is 1.53 bits per heavy atom. The molecule has 5 aromatic rings. The number of hydrogen-bond acceptors (Lipinski definition) is 5. The molecule has 2 N–H and O–H groups in total. The average Bonchev–Trinajstić information content (AvgIpc) is 3.87. The lowest BCUT2D eigenvalue weighted by Gasteiger charge is -2.33. The van der Waals surface area contributed by atoms with E-state index in [1.54, 1.807) is 4.68 Å². The SMILES string of the molecule is CC1(C)Cn2ncc(S(=O)(=NC(c3ccccc3)(c3ccccc3)c3ccccc3)NC(=O)Nc3c4c(cc5c3C[C@H](F)C5)CCC4)c2O1. The predicted octanol–water partition coefficient (Wildman–Crippen LogP) is 7.54. The van der Waals surface area contributed by atoms with Crippen LogP contribution in [0.3, 0.4) is 0 Å². The molecule has 2 amide bonds. The van der Waals surface area contributed by atoms with Gasteiger partial charge >= 0.3 is 6.03 Å². The monoisotopic (exact) mass is 675 g/mol. The minimum absolute atomic E-state index is 0.174. The van der Waals surface area contributed by atoms with Gasteiger partial charge < -0.3 is 10.1 Å². The van der Waals surface area contributed by atoms with Gasteiger partial charge in [0.2, 0.25) is 5.88 Å². The third-order valence-electron chi connectivity index (χ3n) is 9.74. The van der Waals surface area contributed by atoms with E-state index < -0.39 is 33.3 Å². The number of hydrogen-bond donors (Lipinski definition) is 2. The summed E-state index contributed by atoms with van der Waals surface area (Å²) in [6.07, 6.45) is 3.67. The van der Waals surface area contributed by atoms with Gasteiger partial charge in [-0.25, -0.2) is 22.8 Å². The van der Waals surface area contributed by atoms with Crippen LogP contribution in [0.4, 0.5) is 14.9 Å². The molecule has 2 aliphatic carbocycles. The number of nitrogens with one attached hydrogen (secondary N) is 2. The second kappa shape index (κ2) is 11.9. The summed E-state index contributed by atoms with van der Waals surface area (Å²) in [6, 6.07) is 30.4. The number of rotatable bonds is 7. The van der Waals surface area contributed by atoms with Gasteiger partial charge in [-0.05, 0) is 72.1 Å². The number of carbonyl (C=O) groups excluding carboxylic acids is 1. The number of urea groups is 1. The third kappa shape index (κ3) is 5.48. The average molecular weight is 676 g/mol. The van der Waals surface area contributed by atoms with Crippen molar-refractivity contribution in [3.05, 3.63) is 142 Å². The van der Waals surface area contributed by atoms with Gasteiger partial charge in [-0.3, -0.25) is 0 Å². The molecule has 2 atom stereocenters. The minimum Gasteiger partial charge on any atom is -0.469 e. The Morgan fingerprint density at radius 1 is 0.918 bits per heavy atom. The number of fused-ring (bicyclic) bond motifs is 3. The molecule has 0 saturated carbocycles. The van der Waals surface area contributed by atoms with Crippen molar-refractivity contribution in [1.29, 1.82) is 0 Å². The lowest BCUT2D eigenvalue weighted by Crippen LogP contribution is -2.38.